The van der Waals surface area contributed by atoms with Crippen molar-refractivity contribution in [2.24, 2.45) is 0 Å². The van der Waals surface area contributed by atoms with E-state index in [9.17, 15) is 0 Å². The van der Waals surface area contributed by atoms with Crippen LogP contribution >= 0.6 is 0 Å². The molecule has 0 fully saturated rings. The third-order valence-corrected chi connectivity index (χ3v) is 9.04. The summed E-state index contributed by atoms with van der Waals surface area (Å²) in [6.07, 6.45) is 3.87. The smallest absolute Gasteiger partial charge is 0.192 e. The van der Waals surface area contributed by atoms with Gasteiger partial charge in [0.15, 0.2) is 8.32 Å². The molecule has 0 unspecified atom stereocenters. The van der Waals surface area contributed by atoms with Crippen LogP contribution in [-0.2, 0) is 9.16 Å². The summed E-state index contributed by atoms with van der Waals surface area (Å²) in [5, 5.41) is 0.207. The molecule has 0 bridgehead atoms. The maximum Gasteiger partial charge on any atom is 0.192 e. The van der Waals surface area contributed by atoms with E-state index in [0.29, 0.717) is 0 Å². The fraction of sp³-hybridized carbons (Fsp3) is 0.778. The van der Waals surface area contributed by atoms with Gasteiger partial charge in [-0.05, 0) is 44.8 Å². The molecule has 0 aromatic carbocycles. The zero-order valence-electron chi connectivity index (χ0n) is 15.5. The van der Waals surface area contributed by atoms with Gasteiger partial charge in [-0.15, -0.1) is 6.58 Å². The summed E-state index contributed by atoms with van der Waals surface area (Å²) < 4.78 is 12.7. The molecule has 0 saturated heterocycles. The van der Waals surface area contributed by atoms with Crippen molar-refractivity contribution in [2.45, 2.75) is 90.8 Å². The first-order valence-corrected chi connectivity index (χ1v) is 11.0. The second-order valence-electron chi connectivity index (χ2n) is 7.53. The van der Waals surface area contributed by atoms with Crippen LogP contribution in [0.4, 0.5) is 0 Å². The van der Waals surface area contributed by atoms with Crippen LogP contribution in [0.5, 0.6) is 0 Å². The Kier molecular flexibility index (Phi) is 8.15. The summed E-state index contributed by atoms with van der Waals surface area (Å²) >= 11 is 0. The van der Waals surface area contributed by atoms with E-state index in [1.54, 1.807) is 0 Å². The van der Waals surface area contributed by atoms with Crippen molar-refractivity contribution in [2.75, 3.05) is 0 Å². The normalized spacial score (nSPS) is 17.1. The summed E-state index contributed by atoms with van der Waals surface area (Å²) in [6.45, 7) is 25.5. The first kappa shape index (κ1) is 20.6. The second-order valence-corrected chi connectivity index (χ2v) is 12.3. The van der Waals surface area contributed by atoms with Crippen LogP contribution in [0.2, 0.25) is 18.1 Å². The molecular weight excluding hydrogens is 276 g/mol. The first-order valence-electron chi connectivity index (χ1n) is 8.05. The molecule has 3 heteroatoms. The predicted molar refractivity (Wildman–Crippen MR) is 96.3 cm³/mol. The average molecular weight is 313 g/mol. The minimum absolute atomic E-state index is 0.0401. The predicted octanol–water partition coefficient (Wildman–Crippen LogP) is 5.71. The molecule has 0 aliphatic rings. The highest BCUT2D eigenvalue weighted by atomic mass is 28.4. The van der Waals surface area contributed by atoms with E-state index in [4.69, 9.17) is 9.16 Å². The molecule has 0 aliphatic heterocycles. The zero-order chi connectivity index (χ0) is 16.8. The van der Waals surface area contributed by atoms with Gasteiger partial charge in [0.25, 0.3) is 0 Å². The minimum Gasteiger partial charge on any atom is -0.412 e. The quantitative estimate of drug-likeness (QED) is 0.401. The highest BCUT2D eigenvalue weighted by molar-refractivity contribution is 6.74. The van der Waals surface area contributed by atoms with E-state index in [0.717, 1.165) is 18.4 Å². The molecule has 0 saturated carbocycles. The van der Waals surface area contributed by atoms with Crippen LogP contribution in [0.3, 0.4) is 0 Å². The maximum atomic E-state index is 6.48. The lowest BCUT2D eigenvalue weighted by atomic mass is 10.1. The van der Waals surface area contributed by atoms with Gasteiger partial charge in [0.1, 0.15) is 0 Å². The lowest BCUT2D eigenvalue weighted by Crippen LogP contribution is -2.47. The van der Waals surface area contributed by atoms with Gasteiger partial charge in [-0.1, -0.05) is 45.9 Å². The molecule has 0 aromatic rings. The van der Waals surface area contributed by atoms with Crippen molar-refractivity contribution >= 4 is 8.32 Å². The number of hydrogen-bond donors (Lipinski definition) is 0. The molecule has 3 atom stereocenters. The number of ether oxygens (including phenoxy) is 1. The van der Waals surface area contributed by atoms with Gasteiger partial charge in [0.2, 0.25) is 0 Å². The van der Waals surface area contributed by atoms with Crippen LogP contribution in [0.1, 0.15) is 54.4 Å². The van der Waals surface area contributed by atoms with Crippen molar-refractivity contribution in [1.29, 1.82) is 0 Å². The summed E-state index contributed by atoms with van der Waals surface area (Å²) in [5.74, 6) is 0. The third-order valence-electron chi connectivity index (χ3n) is 4.47. The summed E-state index contributed by atoms with van der Waals surface area (Å²) in [4.78, 5) is 0. The Morgan fingerprint density at radius 2 is 1.81 bits per heavy atom. The molecule has 21 heavy (non-hydrogen) atoms. The molecule has 0 spiro atoms. The summed E-state index contributed by atoms with van der Waals surface area (Å²) in [7, 11) is -1.78. The van der Waals surface area contributed by atoms with Gasteiger partial charge in [0.05, 0.1) is 18.3 Å². The van der Waals surface area contributed by atoms with E-state index in [1.165, 1.54) is 0 Å². The number of hydrogen-bond acceptors (Lipinski definition) is 2. The Balaban J connectivity index is 4.95. The van der Waals surface area contributed by atoms with Crippen molar-refractivity contribution in [3.05, 3.63) is 24.8 Å². The van der Waals surface area contributed by atoms with E-state index in [1.807, 2.05) is 13.0 Å². The monoisotopic (exact) mass is 312 g/mol. The van der Waals surface area contributed by atoms with Gasteiger partial charge >= 0.3 is 0 Å². The van der Waals surface area contributed by atoms with E-state index in [2.05, 4.69) is 60.9 Å². The maximum absolute atomic E-state index is 6.48. The lowest BCUT2D eigenvalue weighted by Gasteiger charge is -2.40. The van der Waals surface area contributed by atoms with Gasteiger partial charge in [-0.3, -0.25) is 0 Å². The Bertz CT molecular complexity index is 342. The fourth-order valence-electron chi connectivity index (χ4n) is 2.01. The molecular formula is C18H36O2Si. The van der Waals surface area contributed by atoms with Crippen LogP contribution < -0.4 is 0 Å². The highest BCUT2D eigenvalue weighted by Gasteiger charge is 2.40. The van der Waals surface area contributed by atoms with Crippen LogP contribution in [0.25, 0.3) is 0 Å². The largest absolute Gasteiger partial charge is 0.412 e. The molecule has 0 N–H and O–H groups in total. The lowest BCUT2D eigenvalue weighted by molar-refractivity contribution is -0.0522. The van der Waals surface area contributed by atoms with E-state index >= 15 is 0 Å². The highest BCUT2D eigenvalue weighted by Crippen LogP contribution is 2.38. The molecule has 124 valence electrons. The van der Waals surface area contributed by atoms with E-state index in [-0.39, 0.29) is 23.4 Å². The van der Waals surface area contributed by atoms with Crippen LogP contribution in [0, 0.1) is 0 Å². The summed E-state index contributed by atoms with van der Waals surface area (Å²) in [6, 6.07) is 0. The molecule has 0 amide bonds. The molecule has 0 rings (SSSR count). The Hall–Kier alpha value is -0.383. The minimum atomic E-state index is -1.78. The van der Waals surface area contributed by atoms with Crippen molar-refractivity contribution in [1.82, 2.24) is 0 Å². The topological polar surface area (TPSA) is 18.5 Å². The van der Waals surface area contributed by atoms with Crippen molar-refractivity contribution < 1.29 is 9.16 Å². The summed E-state index contributed by atoms with van der Waals surface area (Å²) in [5.41, 5.74) is 1.08. The van der Waals surface area contributed by atoms with Crippen LogP contribution in [0.15, 0.2) is 24.8 Å². The van der Waals surface area contributed by atoms with Gasteiger partial charge in [0, 0.05) is 0 Å². The molecule has 0 aliphatic carbocycles. The van der Waals surface area contributed by atoms with Gasteiger partial charge in [-0.25, -0.2) is 0 Å². The molecule has 0 aromatic heterocycles. The van der Waals surface area contributed by atoms with Gasteiger partial charge in [-0.2, -0.15) is 0 Å². The first-order chi connectivity index (χ1) is 9.46. The Morgan fingerprint density at radius 1 is 1.29 bits per heavy atom. The number of rotatable bonds is 9. The molecule has 0 radical (unpaired) electrons. The molecule has 0 heterocycles. The van der Waals surface area contributed by atoms with E-state index < -0.39 is 8.32 Å². The fourth-order valence-corrected chi connectivity index (χ4v) is 3.45. The Morgan fingerprint density at radius 3 is 2.14 bits per heavy atom. The van der Waals surface area contributed by atoms with Gasteiger partial charge < -0.3 is 9.16 Å². The average Bonchev–Trinajstić information content (AvgIpc) is 2.31. The standard InChI is InChI=1S/C18H36O2Si/c1-11-13-17(19-16(12-2)14(3)4)15(5)20-21(9,10)18(6,7)8/h11,15-17H,1,3,12-13H2,2,4-10H3/t15-,16+,17+/m0/s1. The third kappa shape index (κ3) is 6.49. The zero-order valence-corrected chi connectivity index (χ0v) is 16.5. The van der Waals surface area contributed by atoms with Crippen LogP contribution in [-0.4, -0.2) is 26.6 Å². The van der Waals surface area contributed by atoms with Crippen molar-refractivity contribution in [3.63, 3.8) is 0 Å². The molecule has 2 nitrogen and oxygen atoms in total. The Labute approximate surface area is 133 Å². The SMILES string of the molecule is C=CC[C@@H](O[C@H](CC)C(=C)C)[C@H](C)O[Si](C)(C)C(C)(C)C. The van der Waals surface area contributed by atoms with Crippen molar-refractivity contribution in [3.8, 4) is 0 Å². The second kappa shape index (κ2) is 8.30.